The average molecular weight is 293 g/mol. The van der Waals surface area contributed by atoms with Gasteiger partial charge in [0.25, 0.3) is 0 Å². The van der Waals surface area contributed by atoms with E-state index in [-0.39, 0.29) is 18.6 Å². The molecule has 0 bridgehead atoms. The highest BCUT2D eigenvalue weighted by Gasteiger charge is 2.15. The van der Waals surface area contributed by atoms with Gasteiger partial charge in [-0.05, 0) is 51.3 Å². The summed E-state index contributed by atoms with van der Waals surface area (Å²) in [7, 11) is 0. The topological polar surface area (TPSA) is 49.8 Å². The maximum atomic E-state index is 12.1. The number of carbonyl (C=O) groups excluding carboxylic acids is 1. The molecule has 0 aliphatic rings. The first-order chi connectivity index (χ1) is 10.0. The number of nitrogens with zero attached hydrogens (tertiary/aromatic N) is 1. The lowest BCUT2D eigenvalue weighted by Crippen LogP contribution is -2.38. The average Bonchev–Trinajstić information content (AvgIpc) is 2.44. The quantitative estimate of drug-likeness (QED) is 0.712. The van der Waals surface area contributed by atoms with Gasteiger partial charge >= 0.3 is 0 Å². The van der Waals surface area contributed by atoms with E-state index in [1.54, 1.807) is 0 Å². The summed E-state index contributed by atoms with van der Waals surface area (Å²) in [6.07, 6.45) is 1.81. The lowest BCUT2D eigenvalue weighted by Gasteiger charge is -2.26. The zero-order valence-electron chi connectivity index (χ0n) is 13.3. The highest BCUT2D eigenvalue weighted by atomic mass is 16.5. The van der Waals surface area contributed by atoms with E-state index in [9.17, 15) is 4.79 Å². The Balaban J connectivity index is 2.31. The number of aryl methyl sites for hydroxylation is 1. The Hall–Kier alpha value is -1.55. The van der Waals surface area contributed by atoms with Gasteiger partial charge in [0.15, 0.2) is 0 Å². The zero-order valence-corrected chi connectivity index (χ0v) is 13.3. The zero-order chi connectivity index (χ0) is 15.7. The number of aliphatic hydroxyl groups excluding tert-OH is 1. The van der Waals surface area contributed by atoms with Crippen molar-refractivity contribution < 1.29 is 14.6 Å². The standard InChI is InChI=1S/C17H27NO3/c1-14(2)18(10-6-11-19)17(20)9-5-12-21-16-8-4-7-15(3)13-16/h4,7-8,13-14,19H,5-6,9-12H2,1-3H3. The Morgan fingerprint density at radius 3 is 2.71 bits per heavy atom. The Labute approximate surface area is 127 Å². The highest BCUT2D eigenvalue weighted by Crippen LogP contribution is 2.13. The molecule has 0 saturated heterocycles. The lowest BCUT2D eigenvalue weighted by atomic mass is 10.2. The van der Waals surface area contributed by atoms with E-state index >= 15 is 0 Å². The summed E-state index contributed by atoms with van der Waals surface area (Å²) >= 11 is 0. The monoisotopic (exact) mass is 293 g/mol. The third-order valence-electron chi connectivity index (χ3n) is 3.29. The summed E-state index contributed by atoms with van der Waals surface area (Å²) in [5, 5.41) is 8.88. The smallest absolute Gasteiger partial charge is 0.222 e. The van der Waals surface area contributed by atoms with Crippen LogP contribution in [0.3, 0.4) is 0 Å². The van der Waals surface area contributed by atoms with Crippen LogP contribution in [0, 0.1) is 6.92 Å². The van der Waals surface area contributed by atoms with Crippen molar-refractivity contribution in [1.29, 1.82) is 0 Å². The number of amides is 1. The van der Waals surface area contributed by atoms with Crippen LogP contribution in [0.15, 0.2) is 24.3 Å². The Bertz CT molecular complexity index is 432. The molecule has 0 atom stereocenters. The van der Waals surface area contributed by atoms with Crippen LogP contribution in [0.4, 0.5) is 0 Å². The molecule has 4 nitrogen and oxygen atoms in total. The molecule has 0 aliphatic heterocycles. The second-order valence-corrected chi connectivity index (χ2v) is 5.53. The minimum absolute atomic E-state index is 0.118. The summed E-state index contributed by atoms with van der Waals surface area (Å²) in [5.41, 5.74) is 1.17. The summed E-state index contributed by atoms with van der Waals surface area (Å²) in [6, 6.07) is 8.07. The molecule has 1 rings (SSSR count). The molecule has 0 aliphatic carbocycles. The van der Waals surface area contributed by atoms with Gasteiger partial charge in [-0.15, -0.1) is 0 Å². The number of hydrogen-bond acceptors (Lipinski definition) is 3. The number of aliphatic hydroxyl groups is 1. The minimum Gasteiger partial charge on any atom is -0.494 e. The number of ether oxygens (including phenoxy) is 1. The fourth-order valence-electron chi connectivity index (χ4n) is 2.17. The van der Waals surface area contributed by atoms with Crippen molar-refractivity contribution in [3.05, 3.63) is 29.8 Å². The van der Waals surface area contributed by atoms with E-state index in [4.69, 9.17) is 9.84 Å². The Morgan fingerprint density at radius 1 is 1.33 bits per heavy atom. The third kappa shape index (κ3) is 6.63. The molecule has 4 heteroatoms. The van der Waals surface area contributed by atoms with Crippen LogP contribution in [0.25, 0.3) is 0 Å². The number of carbonyl (C=O) groups is 1. The molecule has 0 aromatic heterocycles. The van der Waals surface area contributed by atoms with E-state index in [1.807, 2.05) is 49.9 Å². The molecule has 0 unspecified atom stereocenters. The molecule has 0 fully saturated rings. The summed E-state index contributed by atoms with van der Waals surface area (Å²) in [6.45, 7) is 7.30. The van der Waals surface area contributed by atoms with Crippen LogP contribution < -0.4 is 4.74 Å². The van der Waals surface area contributed by atoms with Gasteiger partial charge in [0, 0.05) is 25.6 Å². The van der Waals surface area contributed by atoms with Gasteiger partial charge in [0.05, 0.1) is 6.61 Å². The van der Waals surface area contributed by atoms with Gasteiger partial charge in [-0.2, -0.15) is 0 Å². The van der Waals surface area contributed by atoms with E-state index in [0.717, 1.165) is 5.75 Å². The van der Waals surface area contributed by atoms with Crippen molar-refractivity contribution in [1.82, 2.24) is 4.90 Å². The fourth-order valence-corrected chi connectivity index (χ4v) is 2.17. The van der Waals surface area contributed by atoms with E-state index in [2.05, 4.69) is 0 Å². The lowest BCUT2D eigenvalue weighted by molar-refractivity contribution is -0.133. The van der Waals surface area contributed by atoms with Gasteiger partial charge < -0.3 is 14.7 Å². The van der Waals surface area contributed by atoms with Crippen LogP contribution in [0.5, 0.6) is 5.75 Å². The molecule has 21 heavy (non-hydrogen) atoms. The molecule has 1 aromatic rings. The van der Waals surface area contributed by atoms with Crippen LogP contribution >= 0.6 is 0 Å². The first kappa shape index (κ1) is 17.5. The van der Waals surface area contributed by atoms with Crippen molar-refractivity contribution in [3.63, 3.8) is 0 Å². The fraction of sp³-hybridized carbons (Fsp3) is 0.588. The predicted octanol–water partition coefficient (Wildman–Crippen LogP) is 2.77. The molecule has 1 N–H and O–H groups in total. The molecule has 0 saturated carbocycles. The van der Waals surface area contributed by atoms with Crippen LogP contribution in [-0.4, -0.2) is 41.7 Å². The molecule has 0 heterocycles. The van der Waals surface area contributed by atoms with Gasteiger partial charge in [0.2, 0.25) is 5.91 Å². The molecule has 1 aromatic carbocycles. The first-order valence-corrected chi connectivity index (χ1v) is 7.64. The van der Waals surface area contributed by atoms with Gasteiger partial charge in [-0.1, -0.05) is 12.1 Å². The van der Waals surface area contributed by atoms with E-state index in [1.165, 1.54) is 5.56 Å². The maximum absolute atomic E-state index is 12.1. The van der Waals surface area contributed by atoms with Crippen molar-refractivity contribution in [2.45, 2.75) is 46.1 Å². The predicted molar refractivity (Wildman–Crippen MR) is 84.5 cm³/mol. The van der Waals surface area contributed by atoms with Crippen molar-refractivity contribution in [3.8, 4) is 5.75 Å². The number of rotatable bonds is 9. The van der Waals surface area contributed by atoms with E-state index < -0.39 is 0 Å². The Kier molecular flexibility index (Phi) is 7.83. The van der Waals surface area contributed by atoms with Crippen molar-refractivity contribution >= 4 is 5.91 Å². The van der Waals surface area contributed by atoms with E-state index in [0.29, 0.717) is 32.4 Å². The largest absolute Gasteiger partial charge is 0.494 e. The van der Waals surface area contributed by atoms with Crippen LogP contribution in [0.1, 0.15) is 38.7 Å². The minimum atomic E-state index is 0.118. The van der Waals surface area contributed by atoms with Crippen LogP contribution in [0.2, 0.25) is 0 Å². The van der Waals surface area contributed by atoms with Crippen molar-refractivity contribution in [2.24, 2.45) is 0 Å². The molecule has 0 radical (unpaired) electrons. The molecule has 0 spiro atoms. The maximum Gasteiger partial charge on any atom is 0.222 e. The van der Waals surface area contributed by atoms with Crippen molar-refractivity contribution in [2.75, 3.05) is 19.8 Å². The van der Waals surface area contributed by atoms with Gasteiger partial charge in [-0.25, -0.2) is 0 Å². The first-order valence-electron chi connectivity index (χ1n) is 7.64. The summed E-state index contributed by atoms with van der Waals surface area (Å²) in [4.78, 5) is 14.0. The van der Waals surface area contributed by atoms with Gasteiger partial charge in [0.1, 0.15) is 5.75 Å². The summed E-state index contributed by atoms with van der Waals surface area (Å²) < 4.78 is 5.65. The normalized spacial score (nSPS) is 10.7. The number of benzene rings is 1. The highest BCUT2D eigenvalue weighted by molar-refractivity contribution is 5.76. The second kappa shape index (κ2) is 9.40. The second-order valence-electron chi connectivity index (χ2n) is 5.53. The Morgan fingerprint density at radius 2 is 2.10 bits per heavy atom. The number of hydrogen-bond donors (Lipinski definition) is 1. The third-order valence-corrected chi connectivity index (χ3v) is 3.29. The molecule has 1 amide bonds. The molecular weight excluding hydrogens is 266 g/mol. The molecule has 118 valence electrons. The molecular formula is C17H27NO3. The van der Waals surface area contributed by atoms with Crippen LogP contribution in [-0.2, 0) is 4.79 Å². The van der Waals surface area contributed by atoms with Gasteiger partial charge in [-0.3, -0.25) is 4.79 Å². The SMILES string of the molecule is Cc1cccc(OCCCC(=O)N(CCCO)C(C)C)c1. The summed E-state index contributed by atoms with van der Waals surface area (Å²) in [5.74, 6) is 0.981.